The normalized spacial score (nSPS) is 18.7. The van der Waals surface area contributed by atoms with Crippen LogP contribution in [0, 0.1) is 0 Å². The summed E-state index contributed by atoms with van der Waals surface area (Å²) in [6, 6.07) is 0. The topological polar surface area (TPSA) is 27.1 Å². The molecule has 1 aromatic rings. The van der Waals surface area contributed by atoms with Gasteiger partial charge in [0.2, 0.25) is 0 Å². The van der Waals surface area contributed by atoms with Crippen molar-refractivity contribution in [3.05, 3.63) is 12.4 Å². The first kappa shape index (κ1) is 10.5. The first-order valence-corrected chi connectivity index (χ1v) is 6.07. The molecule has 0 aliphatic heterocycles. The number of rotatable bonds is 3. The number of aryl methyl sites for hydroxylation is 1. The lowest BCUT2D eigenvalue weighted by atomic mass is 10.1. The van der Waals surface area contributed by atoms with Gasteiger partial charge in [0.25, 0.3) is 0 Å². The third-order valence-corrected chi connectivity index (χ3v) is 3.04. The van der Waals surface area contributed by atoms with Crippen LogP contribution in [0.25, 0.3) is 0 Å². The van der Waals surface area contributed by atoms with Crippen LogP contribution < -0.4 is 4.74 Å². The van der Waals surface area contributed by atoms with E-state index in [1.54, 1.807) is 0 Å². The number of ether oxygens (including phenoxy) is 1. The van der Waals surface area contributed by atoms with Crippen molar-refractivity contribution in [1.29, 1.82) is 0 Å². The molecular weight excluding hydrogens is 188 g/mol. The minimum absolute atomic E-state index is 0.419. The van der Waals surface area contributed by atoms with Gasteiger partial charge < -0.3 is 4.74 Å². The Kier molecular flexibility index (Phi) is 3.64. The molecule has 0 atom stereocenters. The molecule has 0 unspecified atom stereocenters. The Hall–Kier alpha value is -0.990. The summed E-state index contributed by atoms with van der Waals surface area (Å²) in [6.07, 6.45) is 12.0. The Balaban J connectivity index is 1.89. The van der Waals surface area contributed by atoms with Gasteiger partial charge in [-0.05, 0) is 32.6 Å². The van der Waals surface area contributed by atoms with Crippen LogP contribution in [0.1, 0.15) is 45.4 Å². The summed E-state index contributed by atoms with van der Waals surface area (Å²) < 4.78 is 7.84. The minimum atomic E-state index is 0.419. The number of hydrogen-bond acceptors (Lipinski definition) is 2. The molecule has 0 radical (unpaired) electrons. The highest BCUT2D eigenvalue weighted by Gasteiger charge is 2.14. The van der Waals surface area contributed by atoms with Gasteiger partial charge in [-0.15, -0.1) is 0 Å². The van der Waals surface area contributed by atoms with Crippen LogP contribution >= 0.6 is 0 Å². The molecule has 1 saturated carbocycles. The molecule has 0 aromatic carbocycles. The zero-order chi connectivity index (χ0) is 10.5. The molecule has 3 nitrogen and oxygen atoms in total. The maximum Gasteiger partial charge on any atom is 0.157 e. The van der Waals surface area contributed by atoms with Crippen LogP contribution in [0.15, 0.2) is 12.4 Å². The third kappa shape index (κ3) is 2.98. The van der Waals surface area contributed by atoms with E-state index in [0.29, 0.717) is 6.10 Å². The second-order valence-corrected chi connectivity index (χ2v) is 4.26. The van der Waals surface area contributed by atoms with Gasteiger partial charge >= 0.3 is 0 Å². The lowest BCUT2D eigenvalue weighted by molar-refractivity contribution is 0.183. The molecule has 1 aliphatic rings. The zero-order valence-electron chi connectivity index (χ0n) is 9.48. The van der Waals surface area contributed by atoms with Crippen molar-refractivity contribution in [2.75, 3.05) is 0 Å². The molecule has 84 valence electrons. The van der Waals surface area contributed by atoms with E-state index in [-0.39, 0.29) is 0 Å². The lowest BCUT2D eigenvalue weighted by Crippen LogP contribution is -2.14. The average Bonchev–Trinajstić information content (AvgIpc) is 2.54. The van der Waals surface area contributed by atoms with Crippen molar-refractivity contribution < 1.29 is 4.74 Å². The molecule has 2 rings (SSSR count). The summed E-state index contributed by atoms with van der Waals surface area (Å²) in [5.41, 5.74) is 0. The lowest BCUT2D eigenvalue weighted by Gasteiger charge is -2.14. The van der Waals surface area contributed by atoms with E-state index < -0.39 is 0 Å². The summed E-state index contributed by atoms with van der Waals surface area (Å²) in [5, 5.41) is 4.22. The van der Waals surface area contributed by atoms with Crippen molar-refractivity contribution >= 4 is 0 Å². The first-order valence-electron chi connectivity index (χ1n) is 6.07. The Morgan fingerprint density at radius 2 is 2.07 bits per heavy atom. The molecule has 15 heavy (non-hydrogen) atoms. The summed E-state index contributed by atoms with van der Waals surface area (Å²) >= 11 is 0. The Morgan fingerprint density at radius 1 is 1.33 bits per heavy atom. The van der Waals surface area contributed by atoms with Gasteiger partial charge in [0.15, 0.2) is 5.75 Å². The zero-order valence-corrected chi connectivity index (χ0v) is 9.48. The Labute approximate surface area is 91.4 Å². The van der Waals surface area contributed by atoms with Gasteiger partial charge in [0.05, 0.1) is 18.5 Å². The predicted molar refractivity (Wildman–Crippen MR) is 60.0 cm³/mol. The number of hydrogen-bond donors (Lipinski definition) is 0. The minimum Gasteiger partial charge on any atom is -0.487 e. The molecule has 0 saturated heterocycles. The van der Waals surface area contributed by atoms with Crippen molar-refractivity contribution in [2.24, 2.45) is 0 Å². The van der Waals surface area contributed by atoms with E-state index in [2.05, 4.69) is 12.0 Å². The molecule has 3 heteroatoms. The van der Waals surface area contributed by atoms with Crippen LogP contribution in [0.4, 0.5) is 0 Å². The highest BCUT2D eigenvalue weighted by Crippen LogP contribution is 2.22. The number of nitrogens with zero attached hydrogens (tertiary/aromatic N) is 2. The van der Waals surface area contributed by atoms with E-state index >= 15 is 0 Å². The van der Waals surface area contributed by atoms with Crippen molar-refractivity contribution in [3.63, 3.8) is 0 Å². The van der Waals surface area contributed by atoms with Crippen LogP contribution in [-0.2, 0) is 6.54 Å². The summed E-state index contributed by atoms with van der Waals surface area (Å²) in [5.74, 6) is 0.934. The predicted octanol–water partition coefficient (Wildman–Crippen LogP) is 3.00. The second-order valence-electron chi connectivity index (χ2n) is 4.26. The van der Waals surface area contributed by atoms with Crippen LogP contribution in [-0.4, -0.2) is 15.9 Å². The summed E-state index contributed by atoms with van der Waals surface area (Å²) in [7, 11) is 0. The van der Waals surface area contributed by atoms with E-state index in [9.17, 15) is 0 Å². The van der Waals surface area contributed by atoms with E-state index in [1.165, 1.54) is 38.5 Å². The summed E-state index contributed by atoms with van der Waals surface area (Å²) in [4.78, 5) is 0. The molecule has 0 N–H and O–H groups in total. The van der Waals surface area contributed by atoms with Crippen molar-refractivity contribution in [1.82, 2.24) is 9.78 Å². The fourth-order valence-corrected chi connectivity index (χ4v) is 2.13. The standard InChI is InChI=1S/C12H20N2O/c1-2-14-10-12(9-13-14)15-11-7-5-3-4-6-8-11/h9-11H,2-8H2,1H3. The maximum atomic E-state index is 5.93. The highest BCUT2D eigenvalue weighted by atomic mass is 16.5. The van der Waals surface area contributed by atoms with Gasteiger partial charge in [0.1, 0.15) is 0 Å². The van der Waals surface area contributed by atoms with Gasteiger partial charge in [-0.1, -0.05) is 12.8 Å². The fraction of sp³-hybridized carbons (Fsp3) is 0.750. The van der Waals surface area contributed by atoms with Crippen molar-refractivity contribution in [3.8, 4) is 5.75 Å². The molecule has 1 aliphatic carbocycles. The second kappa shape index (κ2) is 5.19. The summed E-state index contributed by atoms with van der Waals surface area (Å²) in [6.45, 7) is 3.00. The first-order chi connectivity index (χ1) is 7.38. The molecule has 1 heterocycles. The molecule has 0 bridgehead atoms. The van der Waals surface area contributed by atoms with Gasteiger partial charge in [-0.2, -0.15) is 5.10 Å². The van der Waals surface area contributed by atoms with E-state index in [1.807, 2.05) is 17.1 Å². The van der Waals surface area contributed by atoms with Gasteiger partial charge in [0, 0.05) is 6.54 Å². The average molecular weight is 208 g/mol. The van der Waals surface area contributed by atoms with E-state index in [0.717, 1.165) is 12.3 Å². The molecule has 0 amide bonds. The Morgan fingerprint density at radius 3 is 2.67 bits per heavy atom. The fourth-order valence-electron chi connectivity index (χ4n) is 2.13. The van der Waals surface area contributed by atoms with Gasteiger partial charge in [-0.25, -0.2) is 0 Å². The third-order valence-electron chi connectivity index (χ3n) is 3.04. The van der Waals surface area contributed by atoms with E-state index in [4.69, 9.17) is 4.74 Å². The Bertz CT molecular complexity index is 288. The van der Waals surface area contributed by atoms with Crippen molar-refractivity contribution in [2.45, 2.75) is 58.1 Å². The van der Waals surface area contributed by atoms with Crippen LogP contribution in [0.3, 0.4) is 0 Å². The maximum absolute atomic E-state index is 5.93. The smallest absolute Gasteiger partial charge is 0.157 e. The quantitative estimate of drug-likeness (QED) is 0.714. The SMILES string of the molecule is CCn1cc(OC2CCCCCC2)cn1. The molecule has 1 fully saturated rings. The van der Waals surface area contributed by atoms with Crippen LogP contribution in [0.2, 0.25) is 0 Å². The molecular formula is C12H20N2O. The van der Waals surface area contributed by atoms with Gasteiger partial charge in [-0.3, -0.25) is 4.68 Å². The molecule has 1 aromatic heterocycles. The number of aromatic nitrogens is 2. The highest BCUT2D eigenvalue weighted by molar-refractivity contribution is 5.12. The monoisotopic (exact) mass is 208 g/mol. The molecule has 0 spiro atoms. The van der Waals surface area contributed by atoms with Crippen LogP contribution in [0.5, 0.6) is 5.75 Å². The largest absolute Gasteiger partial charge is 0.487 e.